The van der Waals surface area contributed by atoms with E-state index >= 15 is 0 Å². The van der Waals surface area contributed by atoms with Crippen LogP contribution in [-0.2, 0) is 22.6 Å². The lowest BCUT2D eigenvalue weighted by Crippen LogP contribution is -2.37. The minimum absolute atomic E-state index is 0.115. The molecule has 0 bridgehead atoms. The van der Waals surface area contributed by atoms with Gasteiger partial charge in [-0.2, -0.15) is 0 Å². The summed E-state index contributed by atoms with van der Waals surface area (Å²) in [5.74, 6) is -0.730. The summed E-state index contributed by atoms with van der Waals surface area (Å²) in [5.41, 5.74) is 2.22. The van der Waals surface area contributed by atoms with Gasteiger partial charge in [0, 0.05) is 36.4 Å². The molecule has 1 N–H and O–H groups in total. The molecule has 160 valence electrons. The van der Waals surface area contributed by atoms with Crippen molar-refractivity contribution < 1.29 is 9.59 Å². The molecule has 3 aromatic rings. The van der Waals surface area contributed by atoms with E-state index in [0.717, 1.165) is 37.1 Å². The van der Waals surface area contributed by atoms with E-state index in [1.54, 1.807) is 41.0 Å². The summed E-state index contributed by atoms with van der Waals surface area (Å²) >= 11 is 6.03. The first kappa shape index (κ1) is 21.1. The number of hydrogen-bond acceptors (Lipinski definition) is 4. The largest absolute Gasteiger partial charge is 0.318 e. The molecular weight excluding hydrogens is 416 g/mol. The molecule has 7 nitrogen and oxygen atoms in total. The van der Waals surface area contributed by atoms with Crippen molar-refractivity contribution in [3.63, 3.8) is 0 Å². The van der Waals surface area contributed by atoms with Gasteiger partial charge in [0.15, 0.2) is 0 Å². The maximum absolute atomic E-state index is 13.0. The average Bonchev–Trinajstić information content (AvgIpc) is 3.00. The van der Waals surface area contributed by atoms with E-state index in [1.165, 1.54) is 11.9 Å². The summed E-state index contributed by atoms with van der Waals surface area (Å²) in [6.07, 6.45) is 3.82. The number of benzene rings is 2. The fourth-order valence-corrected chi connectivity index (χ4v) is 4.05. The molecular formula is C23H23ClN4O3. The fourth-order valence-electron chi connectivity index (χ4n) is 3.89. The van der Waals surface area contributed by atoms with Gasteiger partial charge in [0.05, 0.1) is 10.9 Å². The number of fused-ring (bicyclic) bond motifs is 2. The zero-order chi connectivity index (χ0) is 22.1. The zero-order valence-corrected chi connectivity index (χ0v) is 18.2. The van der Waals surface area contributed by atoms with Crippen LogP contribution in [-0.4, -0.2) is 28.4 Å². The van der Waals surface area contributed by atoms with Crippen molar-refractivity contribution in [3.05, 3.63) is 63.2 Å². The highest BCUT2D eigenvalue weighted by molar-refractivity contribution is 6.44. The molecule has 1 aromatic heterocycles. The number of carbonyl (C=O) groups is 2. The van der Waals surface area contributed by atoms with E-state index < -0.39 is 11.8 Å². The first-order valence-corrected chi connectivity index (χ1v) is 10.6. The topological polar surface area (TPSA) is 84.3 Å². The Hall–Kier alpha value is -3.19. The molecule has 4 rings (SSSR count). The van der Waals surface area contributed by atoms with E-state index in [4.69, 9.17) is 11.6 Å². The second-order valence-electron chi connectivity index (χ2n) is 7.78. The van der Waals surface area contributed by atoms with Crippen LogP contribution in [0, 0.1) is 6.92 Å². The number of hydrogen-bond donors (Lipinski definition) is 1. The number of anilines is 2. The molecule has 2 amide bonds. The summed E-state index contributed by atoms with van der Waals surface area (Å²) in [7, 11) is 1.52. The summed E-state index contributed by atoms with van der Waals surface area (Å²) in [4.78, 5) is 44.1. The fraction of sp³-hybridized carbons (Fsp3) is 0.304. The Kier molecular flexibility index (Phi) is 5.78. The third-order valence-electron chi connectivity index (χ3n) is 5.60. The Morgan fingerprint density at radius 3 is 2.74 bits per heavy atom. The second-order valence-corrected chi connectivity index (χ2v) is 8.21. The molecule has 31 heavy (non-hydrogen) atoms. The summed E-state index contributed by atoms with van der Waals surface area (Å²) in [6.45, 7) is 2.48. The maximum atomic E-state index is 13.0. The van der Waals surface area contributed by atoms with Gasteiger partial charge in [-0.25, -0.2) is 4.98 Å². The third kappa shape index (κ3) is 4.18. The molecule has 0 spiro atoms. The predicted octanol–water partition coefficient (Wildman–Crippen LogP) is 3.69. The Balaban J connectivity index is 1.60. The van der Waals surface area contributed by atoms with Crippen molar-refractivity contribution in [2.45, 2.75) is 39.2 Å². The highest BCUT2D eigenvalue weighted by atomic mass is 35.5. The van der Waals surface area contributed by atoms with Crippen LogP contribution in [0.3, 0.4) is 0 Å². The van der Waals surface area contributed by atoms with Crippen LogP contribution in [0.1, 0.15) is 30.7 Å². The molecule has 0 unspecified atom stereocenters. The number of halogens is 1. The summed E-state index contributed by atoms with van der Waals surface area (Å²) < 4.78 is 1.72. The van der Waals surface area contributed by atoms with Gasteiger partial charge in [0.25, 0.3) is 5.56 Å². The SMILES string of the molecule is Cc1ccc(Cl)cc1N(C)C(=O)C(=O)Nc1ccc2nc3n(c(=O)c2c1)CCCCC3. The summed E-state index contributed by atoms with van der Waals surface area (Å²) in [6, 6.07) is 10.1. The van der Waals surface area contributed by atoms with Crippen LogP contribution < -0.4 is 15.8 Å². The molecule has 8 heteroatoms. The normalized spacial score (nSPS) is 13.4. The minimum Gasteiger partial charge on any atom is -0.318 e. The molecule has 0 fully saturated rings. The first-order valence-electron chi connectivity index (χ1n) is 10.2. The van der Waals surface area contributed by atoms with Gasteiger partial charge in [-0.05, 0) is 55.7 Å². The first-order chi connectivity index (χ1) is 14.8. The number of aryl methyl sites for hydroxylation is 2. The maximum Gasteiger partial charge on any atom is 0.316 e. The third-order valence-corrected chi connectivity index (χ3v) is 5.84. The lowest BCUT2D eigenvalue weighted by Gasteiger charge is -2.19. The van der Waals surface area contributed by atoms with Gasteiger partial charge in [-0.3, -0.25) is 19.0 Å². The molecule has 0 radical (unpaired) electrons. The highest BCUT2D eigenvalue weighted by Crippen LogP contribution is 2.24. The molecule has 2 aromatic carbocycles. The molecule has 2 heterocycles. The van der Waals surface area contributed by atoms with Crippen molar-refractivity contribution in [2.75, 3.05) is 17.3 Å². The van der Waals surface area contributed by atoms with E-state index in [1.807, 2.05) is 6.92 Å². The molecule has 0 saturated carbocycles. The lowest BCUT2D eigenvalue weighted by molar-refractivity contribution is -0.134. The number of likely N-dealkylation sites (N-methyl/N-ethyl adjacent to an activating group) is 1. The number of amides is 2. The summed E-state index contributed by atoms with van der Waals surface area (Å²) in [5, 5.41) is 3.50. The number of nitrogens with one attached hydrogen (secondary N) is 1. The molecule has 1 aliphatic rings. The van der Waals surface area contributed by atoms with Crippen molar-refractivity contribution in [1.29, 1.82) is 0 Å². The average molecular weight is 439 g/mol. The van der Waals surface area contributed by atoms with Crippen molar-refractivity contribution in [3.8, 4) is 0 Å². The van der Waals surface area contributed by atoms with Crippen molar-refractivity contribution in [2.24, 2.45) is 0 Å². The van der Waals surface area contributed by atoms with E-state index in [0.29, 0.717) is 33.8 Å². The number of aromatic nitrogens is 2. The van der Waals surface area contributed by atoms with Gasteiger partial charge in [-0.1, -0.05) is 24.1 Å². The Labute approximate surface area is 184 Å². The number of carbonyl (C=O) groups excluding carboxylic acids is 2. The van der Waals surface area contributed by atoms with Crippen LogP contribution in [0.15, 0.2) is 41.2 Å². The van der Waals surface area contributed by atoms with Crippen LogP contribution in [0.4, 0.5) is 11.4 Å². The quantitative estimate of drug-likeness (QED) is 0.618. The van der Waals surface area contributed by atoms with Crippen molar-refractivity contribution >= 4 is 45.7 Å². The van der Waals surface area contributed by atoms with Crippen LogP contribution in [0.25, 0.3) is 10.9 Å². The minimum atomic E-state index is -0.802. The Morgan fingerprint density at radius 2 is 1.94 bits per heavy atom. The Morgan fingerprint density at radius 1 is 1.13 bits per heavy atom. The van der Waals surface area contributed by atoms with E-state index in [-0.39, 0.29) is 5.56 Å². The van der Waals surface area contributed by atoms with Gasteiger partial charge < -0.3 is 10.2 Å². The molecule has 0 saturated heterocycles. The van der Waals surface area contributed by atoms with E-state index in [2.05, 4.69) is 10.3 Å². The monoisotopic (exact) mass is 438 g/mol. The number of rotatable bonds is 2. The Bertz CT molecular complexity index is 1250. The molecule has 0 atom stereocenters. The molecule has 0 aliphatic carbocycles. The molecule has 1 aliphatic heterocycles. The van der Waals surface area contributed by atoms with Crippen molar-refractivity contribution in [1.82, 2.24) is 9.55 Å². The standard InChI is InChI=1S/C23H23ClN4O3/c1-14-7-8-15(24)12-19(14)27(2)23(31)21(29)25-16-9-10-18-17(13-16)22(30)28-11-5-3-4-6-20(28)26-18/h7-10,12-13H,3-6,11H2,1-2H3,(H,25,29). The van der Waals surface area contributed by atoms with Gasteiger partial charge >= 0.3 is 11.8 Å². The van der Waals surface area contributed by atoms with E-state index in [9.17, 15) is 14.4 Å². The lowest BCUT2D eigenvalue weighted by atomic mass is 10.2. The van der Waals surface area contributed by atoms with Gasteiger partial charge in [-0.15, -0.1) is 0 Å². The van der Waals surface area contributed by atoms with Crippen LogP contribution in [0.5, 0.6) is 0 Å². The van der Waals surface area contributed by atoms with Crippen LogP contribution in [0.2, 0.25) is 5.02 Å². The van der Waals surface area contributed by atoms with Crippen LogP contribution >= 0.6 is 11.6 Å². The zero-order valence-electron chi connectivity index (χ0n) is 17.4. The highest BCUT2D eigenvalue weighted by Gasteiger charge is 2.22. The predicted molar refractivity (Wildman–Crippen MR) is 122 cm³/mol. The van der Waals surface area contributed by atoms with Gasteiger partial charge in [0.2, 0.25) is 0 Å². The smallest absolute Gasteiger partial charge is 0.316 e. The number of nitrogens with zero attached hydrogens (tertiary/aromatic N) is 3. The van der Waals surface area contributed by atoms with Gasteiger partial charge in [0.1, 0.15) is 5.82 Å². The second kappa shape index (κ2) is 8.51.